The Bertz CT molecular complexity index is 906. The number of thiazole rings is 1. The number of hydrogen-bond acceptors (Lipinski definition) is 4. The van der Waals surface area contributed by atoms with E-state index in [1.54, 1.807) is 18.2 Å². The van der Waals surface area contributed by atoms with Gasteiger partial charge >= 0.3 is 0 Å². The lowest BCUT2D eigenvalue weighted by Crippen LogP contribution is -2.10. The number of halogens is 3. The number of nitrogen functional groups attached to an aromatic ring is 1. The molecule has 0 aliphatic rings. The van der Waals surface area contributed by atoms with Gasteiger partial charge in [0.25, 0.3) is 5.91 Å². The number of rotatable bonds is 3. The molecule has 0 radical (unpaired) electrons. The normalized spacial score (nSPS) is 10.6. The van der Waals surface area contributed by atoms with Crippen molar-refractivity contribution in [2.75, 3.05) is 11.1 Å². The van der Waals surface area contributed by atoms with Gasteiger partial charge < -0.3 is 11.1 Å². The zero-order chi connectivity index (χ0) is 17.3. The van der Waals surface area contributed by atoms with E-state index in [0.29, 0.717) is 21.1 Å². The van der Waals surface area contributed by atoms with E-state index in [1.807, 2.05) is 0 Å². The summed E-state index contributed by atoms with van der Waals surface area (Å²) in [7, 11) is 0. The van der Waals surface area contributed by atoms with Crippen LogP contribution in [0.3, 0.4) is 0 Å². The highest BCUT2D eigenvalue weighted by atomic mass is 35.5. The molecule has 1 heterocycles. The van der Waals surface area contributed by atoms with E-state index in [1.165, 1.54) is 24.4 Å². The van der Waals surface area contributed by atoms with Gasteiger partial charge in [0.05, 0.1) is 21.9 Å². The Morgan fingerprint density at radius 2 is 1.88 bits per heavy atom. The van der Waals surface area contributed by atoms with Gasteiger partial charge in [-0.1, -0.05) is 35.3 Å². The second-order valence-corrected chi connectivity index (χ2v) is 6.66. The van der Waals surface area contributed by atoms with Crippen LogP contribution >= 0.6 is 34.5 Å². The third-order valence-electron chi connectivity index (χ3n) is 3.17. The number of amides is 1. The van der Waals surface area contributed by atoms with Crippen molar-refractivity contribution in [1.82, 2.24) is 4.98 Å². The van der Waals surface area contributed by atoms with Gasteiger partial charge in [-0.05, 0) is 24.3 Å². The summed E-state index contributed by atoms with van der Waals surface area (Å²) in [6.07, 6.45) is 1.39. The minimum Gasteiger partial charge on any atom is -0.396 e. The van der Waals surface area contributed by atoms with Crippen LogP contribution in [-0.2, 0) is 0 Å². The quantitative estimate of drug-likeness (QED) is 0.620. The Labute approximate surface area is 151 Å². The molecule has 0 fully saturated rings. The van der Waals surface area contributed by atoms with Gasteiger partial charge in [0.2, 0.25) is 0 Å². The van der Waals surface area contributed by atoms with Crippen LogP contribution in [0.15, 0.2) is 42.6 Å². The molecule has 0 saturated heterocycles. The number of carbonyl (C=O) groups is 1. The first-order valence-electron chi connectivity index (χ1n) is 6.72. The van der Waals surface area contributed by atoms with Crippen LogP contribution in [0.1, 0.15) is 9.67 Å². The summed E-state index contributed by atoms with van der Waals surface area (Å²) < 4.78 is 13.8. The highest BCUT2D eigenvalue weighted by Gasteiger charge is 2.15. The number of hydrogen-bond donors (Lipinski definition) is 2. The number of nitrogens with zero attached hydrogens (tertiary/aromatic N) is 1. The molecule has 24 heavy (non-hydrogen) atoms. The molecular formula is C16H10Cl2FN3OS. The number of anilines is 2. The second kappa shape index (κ2) is 6.76. The monoisotopic (exact) mass is 381 g/mol. The average molecular weight is 382 g/mol. The van der Waals surface area contributed by atoms with Crippen molar-refractivity contribution in [2.45, 2.75) is 0 Å². The Hall–Kier alpha value is -2.15. The van der Waals surface area contributed by atoms with Crippen LogP contribution in [-0.4, -0.2) is 10.9 Å². The maximum absolute atomic E-state index is 13.8. The molecule has 2 aromatic carbocycles. The molecule has 0 aliphatic carbocycles. The molecule has 1 aromatic heterocycles. The number of nitrogens with one attached hydrogen (secondary N) is 1. The number of benzene rings is 2. The second-order valence-electron chi connectivity index (χ2n) is 4.82. The lowest BCUT2D eigenvalue weighted by molar-refractivity contribution is 0.103. The lowest BCUT2D eigenvalue weighted by atomic mass is 10.2. The Morgan fingerprint density at radius 1 is 1.21 bits per heavy atom. The molecule has 0 spiro atoms. The SMILES string of the molecule is Nc1c(Cl)cc(NC(=O)c2cnc(-c3ccccc3F)s2)cc1Cl. The molecule has 0 saturated carbocycles. The molecule has 0 aliphatic heterocycles. The fraction of sp³-hybridized carbons (Fsp3) is 0. The van der Waals surface area contributed by atoms with Gasteiger partial charge in [-0.15, -0.1) is 11.3 Å². The van der Waals surface area contributed by atoms with Crippen molar-refractivity contribution in [3.8, 4) is 10.6 Å². The van der Waals surface area contributed by atoms with Gasteiger partial charge in [0, 0.05) is 11.3 Å². The summed E-state index contributed by atoms with van der Waals surface area (Å²) in [5, 5.41) is 3.57. The summed E-state index contributed by atoms with van der Waals surface area (Å²) in [6, 6.07) is 9.25. The van der Waals surface area contributed by atoms with E-state index in [-0.39, 0.29) is 15.7 Å². The molecule has 1 amide bonds. The van der Waals surface area contributed by atoms with Crippen LogP contribution in [0.25, 0.3) is 10.6 Å². The van der Waals surface area contributed by atoms with Crippen molar-refractivity contribution >= 4 is 51.8 Å². The molecule has 0 atom stereocenters. The van der Waals surface area contributed by atoms with E-state index in [4.69, 9.17) is 28.9 Å². The number of aromatic nitrogens is 1. The summed E-state index contributed by atoms with van der Waals surface area (Å²) in [5.74, 6) is -0.789. The van der Waals surface area contributed by atoms with E-state index in [0.717, 1.165) is 11.3 Å². The van der Waals surface area contributed by atoms with Crippen LogP contribution in [0.5, 0.6) is 0 Å². The van der Waals surface area contributed by atoms with Crippen molar-refractivity contribution in [3.63, 3.8) is 0 Å². The lowest BCUT2D eigenvalue weighted by Gasteiger charge is -2.07. The van der Waals surface area contributed by atoms with Crippen molar-refractivity contribution < 1.29 is 9.18 Å². The van der Waals surface area contributed by atoms with E-state index < -0.39 is 11.7 Å². The van der Waals surface area contributed by atoms with Crippen LogP contribution in [0.4, 0.5) is 15.8 Å². The molecular weight excluding hydrogens is 372 g/mol. The van der Waals surface area contributed by atoms with E-state index >= 15 is 0 Å². The summed E-state index contributed by atoms with van der Waals surface area (Å²) in [4.78, 5) is 16.7. The molecule has 3 N–H and O–H groups in total. The topological polar surface area (TPSA) is 68.0 Å². The predicted octanol–water partition coefficient (Wildman–Crippen LogP) is 5.09. The number of carbonyl (C=O) groups excluding carboxylic acids is 1. The minimum absolute atomic E-state index is 0.245. The highest BCUT2D eigenvalue weighted by molar-refractivity contribution is 7.17. The molecule has 0 bridgehead atoms. The van der Waals surface area contributed by atoms with E-state index in [2.05, 4.69) is 10.3 Å². The standard InChI is InChI=1S/C16H10Cl2FN3OS/c17-10-5-8(6-11(18)14(10)20)22-15(23)13-7-21-16(24-13)9-3-1-2-4-12(9)19/h1-7H,20H2,(H,22,23). The number of nitrogens with two attached hydrogens (primary N) is 1. The van der Waals surface area contributed by atoms with Crippen LogP contribution in [0, 0.1) is 5.82 Å². The summed E-state index contributed by atoms with van der Waals surface area (Å²) in [5.41, 5.74) is 6.66. The molecule has 0 unspecified atom stereocenters. The molecule has 4 nitrogen and oxygen atoms in total. The predicted molar refractivity (Wildman–Crippen MR) is 96.3 cm³/mol. The molecule has 3 rings (SSSR count). The Morgan fingerprint density at radius 3 is 2.54 bits per heavy atom. The van der Waals surface area contributed by atoms with Crippen molar-refractivity contribution in [2.24, 2.45) is 0 Å². The first-order valence-corrected chi connectivity index (χ1v) is 8.29. The average Bonchev–Trinajstić information content (AvgIpc) is 3.03. The maximum atomic E-state index is 13.8. The first kappa shape index (κ1) is 16.7. The zero-order valence-corrected chi connectivity index (χ0v) is 14.3. The fourth-order valence-corrected chi connectivity index (χ4v) is 3.31. The molecule has 3 aromatic rings. The van der Waals surface area contributed by atoms with E-state index in [9.17, 15) is 9.18 Å². The van der Waals surface area contributed by atoms with Gasteiger partial charge in [0.15, 0.2) is 0 Å². The molecule has 8 heteroatoms. The first-order chi connectivity index (χ1) is 11.5. The third-order valence-corrected chi connectivity index (χ3v) is 4.83. The maximum Gasteiger partial charge on any atom is 0.267 e. The van der Waals surface area contributed by atoms with Crippen molar-refractivity contribution in [3.05, 3.63) is 63.3 Å². The Balaban J connectivity index is 1.83. The van der Waals surface area contributed by atoms with Crippen LogP contribution < -0.4 is 11.1 Å². The minimum atomic E-state index is -0.396. The van der Waals surface area contributed by atoms with Gasteiger partial charge in [-0.2, -0.15) is 0 Å². The van der Waals surface area contributed by atoms with Crippen LogP contribution in [0.2, 0.25) is 10.0 Å². The molecule has 122 valence electrons. The summed E-state index contributed by atoms with van der Waals surface area (Å²) >= 11 is 13.0. The highest BCUT2D eigenvalue weighted by Crippen LogP contribution is 2.32. The Kier molecular flexibility index (Phi) is 4.71. The fourth-order valence-electron chi connectivity index (χ4n) is 1.99. The van der Waals surface area contributed by atoms with Gasteiger partial charge in [0.1, 0.15) is 15.7 Å². The van der Waals surface area contributed by atoms with Gasteiger partial charge in [-0.3, -0.25) is 4.79 Å². The third kappa shape index (κ3) is 3.36. The van der Waals surface area contributed by atoms with Crippen molar-refractivity contribution in [1.29, 1.82) is 0 Å². The van der Waals surface area contributed by atoms with Gasteiger partial charge in [-0.25, -0.2) is 9.37 Å². The smallest absolute Gasteiger partial charge is 0.267 e. The largest absolute Gasteiger partial charge is 0.396 e. The summed E-state index contributed by atoms with van der Waals surface area (Å²) in [6.45, 7) is 0. The zero-order valence-electron chi connectivity index (χ0n) is 12.0.